The van der Waals surface area contributed by atoms with E-state index in [2.05, 4.69) is 0 Å². The van der Waals surface area contributed by atoms with Crippen LogP contribution in [0.1, 0.15) is 5.56 Å². The van der Waals surface area contributed by atoms with E-state index in [0.717, 1.165) is 5.56 Å². The molecule has 1 fully saturated rings. The van der Waals surface area contributed by atoms with Gasteiger partial charge in [0.2, 0.25) is 0 Å². The van der Waals surface area contributed by atoms with Gasteiger partial charge in [-0.05, 0) is 17.7 Å². The lowest BCUT2D eigenvalue weighted by Crippen LogP contribution is -2.62. The maximum absolute atomic E-state index is 9.99. The number of rotatable bonds is 3. The lowest BCUT2D eigenvalue weighted by Gasteiger charge is -2.43. The Morgan fingerprint density at radius 2 is 1.77 bits per heavy atom. The molecule has 1 aromatic carbocycles. The molecule has 1 saturated heterocycles. The minimum Gasteiger partial charge on any atom is -0.486 e. The van der Waals surface area contributed by atoms with Gasteiger partial charge in [0, 0.05) is 13.1 Å². The number of likely N-dealkylation sites (tertiary alicyclic amines) is 1. The minimum atomic E-state index is -1.24. The molecule has 0 aliphatic carbocycles. The van der Waals surface area contributed by atoms with Crippen LogP contribution < -0.4 is 9.47 Å². The second-order valence-corrected chi connectivity index (χ2v) is 5.71. The van der Waals surface area contributed by atoms with Crippen molar-refractivity contribution < 1.29 is 29.9 Å². The molecule has 2 heterocycles. The number of β-amino-alcohol motifs (C(OH)–C–C–N with tert-alkyl or cyclic N) is 1. The summed E-state index contributed by atoms with van der Waals surface area (Å²) in [4.78, 5) is 1.76. The molecule has 2 aliphatic rings. The third-order valence-electron chi connectivity index (χ3n) is 4.21. The van der Waals surface area contributed by atoms with E-state index in [0.29, 0.717) is 31.3 Å². The number of benzene rings is 1. The van der Waals surface area contributed by atoms with E-state index in [1.165, 1.54) is 0 Å². The zero-order chi connectivity index (χ0) is 15.7. The molecule has 0 unspecified atom stereocenters. The first-order valence-electron chi connectivity index (χ1n) is 7.38. The van der Waals surface area contributed by atoms with Crippen molar-refractivity contribution in [3.63, 3.8) is 0 Å². The van der Waals surface area contributed by atoms with Gasteiger partial charge in [0.15, 0.2) is 11.5 Å². The van der Waals surface area contributed by atoms with Crippen LogP contribution in [0.4, 0.5) is 0 Å². The molecule has 0 spiro atoms. The Labute approximate surface area is 128 Å². The number of fused-ring (bicyclic) bond motifs is 1. The maximum Gasteiger partial charge on any atom is 0.161 e. The van der Waals surface area contributed by atoms with E-state index in [1.54, 1.807) is 4.90 Å². The van der Waals surface area contributed by atoms with Crippen LogP contribution in [0.3, 0.4) is 0 Å². The first kappa shape index (κ1) is 15.5. The number of ether oxygens (including phenoxy) is 2. The number of aliphatic hydroxyl groups is 4. The summed E-state index contributed by atoms with van der Waals surface area (Å²) in [5.41, 5.74) is 0.915. The summed E-state index contributed by atoms with van der Waals surface area (Å²) in [7, 11) is 0. The van der Waals surface area contributed by atoms with Crippen molar-refractivity contribution in [3.05, 3.63) is 23.8 Å². The van der Waals surface area contributed by atoms with Gasteiger partial charge in [0.25, 0.3) is 0 Å². The van der Waals surface area contributed by atoms with Crippen molar-refractivity contribution in [2.75, 3.05) is 26.4 Å². The van der Waals surface area contributed by atoms with Crippen LogP contribution in [-0.2, 0) is 6.54 Å². The first-order chi connectivity index (χ1) is 10.6. The highest BCUT2D eigenvalue weighted by molar-refractivity contribution is 5.43. The van der Waals surface area contributed by atoms with Gasteiger partial charge < -0.3 is 29.9 Å². The molecule has 1 aromatic rings. The molecule has 2 aliphatic heterocycles. The smallest absolute Gasteiger partial charge is 0.161 e. The topological polar surface area (TPSA) is 103 Å². The third kappa shape index (κ3) is 2.90. The van der Waals surface area contributed by atoms with Gasteiger partial charge in [-0.2, -0.15) is 0 Å². The summed E-state index contributed by atoms with van der Waals surface area (Å²) in [6.07, 6.45) is -3.48. The largest absolute Gasteiger partial charge is 0.486 e. The van der Waals surface area contributed by atoms with E-state index in [1.807, 2.05) is 18.2 Å². The standard InChI is InChI=1S/C15H21NO6/c17-8-10-14(19)15(20)11(18)7-16(10)6-9-1-2-12-13(5-9)22-4-3-21-12/h1-2,5,10-11,14-15,17-20H,3-4,6-8H2/t10-,11+,14-,15-/m1/s1. The van der Waals surface area contributed by atoms with Crippen LogP contribution in [-0.4, -0.2) is 76.0 Å². The second kappa shape index (κ2) is 6.39. The summed E-state index contributed by atoms with van der Waals surface area (Å²) in [5, 5.41) is 39.0. The van der Waals surface area contributed by atoms with Gasteiger partial charge in [-0.25, -0.2) is 0 Å². The Balaban J connectivity index is 1.76. The number of hydrogen-bond donors (Lipinski definition) is 4. The molecule has 0 radical (unpaired) electrons. The highest BCUT2D eigenvalue weighted by Gasteiger charge is 2.40. The van der Waals surface area contributed by atoms with Crippen molar-refractivity contribution >= 4 is 0 Å². The van der Waals surface area contributed by atoms with Crippen molar-refractivity contribution in [1.82, 2.24) is 4.90 Å². The van der Waals surface area contributed by atoms with Crippen LogP contribution >= 0.6 is 0 Å². The van der Waals surface area contributed by atoms with Gasteiger partial charge in [0.05, 0.1) is 18.8 Å². The lowest BCUT2D eigenvalue weighted by molar-refractivity contribution is -0.147. The summed E-state index contributed by atoms with van der Waals surface area (Å²) in [5.74, 6) is 1.37. The zero-order valence-corrected chi connectivity index (χ0v) is 12.1. The summed E-state index contributed by atoms with van der Waals surface area (Å²) in [6, 6.07) is 4.94. The average Bonchev–Trinajstić information content (AvgIpc) is 2.53. The van der Waals surface area contributed by atoms with Gasteiger partial charge in [-0.1, -0.05) is 6.07 Å². The summed E-state index contributed by atoms with van der Waals surface area (Å²) in [6.45, 7) is 1.33. The SMILES string of the molecule is OC[C@@H]1[C@@H](O)[C@H](O)[C@@H](O)CN1Cc1ccc2c(c1)OCCO2. The average molecular weight is 311 g/mol. The van der Waals surface area contributed by atoms with Gasteiger partial charge in [-0.3, -0.25) is 4.90 Å². The predicted octanol–water partition coefficient (Wildman–Crippen LogP) is -1.28. The van der Waals surface area contributed by atoms with Gasteiger partial charge >= 0.3 is 0 Å². The van der Waals surface area contributed by atoms with Crippen molar-refractivity contribution in [2.45, 2.75) is 30.9 Å². The second-order valence-electron chi connectivity index (χ2n) is 5.71. The van der Waals surface area contributed by atoms with E-state index >= 15 is 0 Å². The van der Waals surface area contributed by atoms with E-state index < -0.39 is 24.4 Å². The Bertz CT molecular complexity index is 525. The molecule has 0 saturated carbocycles. The fourth-order valence-corrected chi connectivity index (χ4v) is 2.98. The number of aliphatic hydroxyl groups excluding tert-OH is 4. The molecule has 7 heteroatoms. The number of hydrogen-bond acceptors (Lipinski definition) is 7. The Kier molecular flexibility index (Phi) is 4.51. The number of piperidine rings is 1. The van der Waals surface area contributed by atoms with Crippen molar-refractivity contribution in [2.24, 2.45) is 0 Å². The van der Waals surface area contributed by atoms with E-state index in [-0.39, 0.29) is 13.2 Å². The molecule has 0 bridgehead atoms. The zero-order valence-electron chi connectivity index (χ0n) is 12.1. The fraction of sp³-hybridized carbons (Fsp3) is 0.600. The molecule has 122 valence electrons. The summed E-state index contributed by atoms with van der Waals surface area (Å²) >= 11 is 0. The van der Waals surface area contributed by atoms with E-state index in [9.17, 15) is 20.4 Å². The summed E-state index contributed by atoms with van der Waals surface area (Å²) < 4.78 is 11.0. The lowest BCUT2D eigenvalue weighted by atomic mass is 9.93. The Hall–Kier alpha value is -1.38. The minimum absolute atomic E-state index is 0.178. The van der Waals surface area contributed by atoms with Crippen molar-refractivity contribution in [1.29, 1.82) is 0 Å². The molecule has 4 N–H and O–H groups in total. The van der Waals surface area contributed by atoms with Crippen LogP contribution in [0.15, 0.2) is 18.2 Å². The maximum atomic E-state index is 9.99. The van der Waals surface area contributed by atoms with E-state index in [4.69, 9.17) is 9.47 Å². The molecule has 22 heavy (non-hydrogen) atoms. The third-order valence-corrected chi connectivity index (χ3v) is 4.21. The highest BCUT2D eigenvalue weighted by atomic mass is 16.6. The highest BCUT2D eigenvalue weighted by Crippen LogP contribution is 2.31. The normalized spacial score (nSPS) is 32.0. The Morgan fingerprint density at radius 3 is 2.50 bits per heavy atom. The quantitative estimate of drug-likeness (QED) is 0.551. The Morgan fingerprint density at radius 1 is 1.05 bits per heavy atom. The van der Waals surface area contributed by atoms with Crippen LogP contribution in [0.2, 0.25) is 0 Å². The molecule has 3 rings (SSSR count). The first-order valence-corrected chi connectivity index (χ1v) is 7.38. The molecule has 4 atom stereocenters. The predicted molar refractivity (Wildman–Crippen MR) is 76.7 cm³/mol. The molecule has 7 nitrogen and oxygen atoms in total. The van der Waals surface area contributed by atoms with Crippen LogP contribution in [0, 0.1) is 0 Å². The van der Waals surface area contributed by atoms with Gasteiger partial charge in [-0.15, -0.1) is 0 Å². The monoisotopic (exact) mass is 311 g/mol. The fourth-order valence-electron chi connectivity index (χ4n) is 2.98. The number of nitrogens with zero attached hydrogens (tertiary/aromatic N) is 1. The van der Waals surface area contributed by atoms with Crippen LogP contribution in [0.5, 0.6) is 11.5 Å². The molecule has 0 amide bonds. The molecular formula is C15H21NO6. The molecular weight excluding hydrogens is 290 g/mol. The van der Waals surface area contributed by atoms with Crippen LogP contribution in [0.25, 0.3) is 0 Å². The molecule has 0 aromatic heterocycles. The van der Waals surface area contributed by atoms with Crippen molar-refractivity contribution in [3.8, 4) is 11.5 Å². The van der Waals surface area contributed by atoms with Gasteiger partial charge in [0.1, 0.15) is 25.4 Å².